The smallest absolute Gasteiger partial charge is 0.306 e. The summed E-state index contributed by atoms with van der Waals surface area (Å²) < 4.78 is 0. The van der Waals surface area contributed by atoms with Crippen molar-refractivity contribution in [2.24, 2.45) is 5.92 Å². The monoisotopic (exact) mass is 243 g/mol. The molecule has 0 bridgehead atoms. The highest BCUT2D eigenvalue weighted by Crippen LogP contribution is 2.19. The number of para-hydroxylation sites is 1. The van der Waals surface area contributed by atoms with Gasteiger partial charge >= 0.3 is 5.97 Å². The van der Waals surface area contributed by atoms with Crippen molar-refractivity contribution < 1.29 is 14.7 Å². The maximum atomic E-state index is 12.1. The Morgan fingerprint density at radius 3 is 2.72 bits per heavy atom. The molecule has 0 aliphatic heterocycles. The number of benzene rings is 1. The maximum absolute atomic E-state index is 12.1. The first kappa shape index (κ1) is 12.2. The van der Waals surface area contributed by atoms with E-state index in [1.54, 1.807) is 24.4 Å². The SMILES string of the molecule is CC(CC(=O)c1cccc2cccnc12)C(=O)O. The molecular formula is C14H13NO3. The molecule has 2 rings (SSSR count). The van der Waals surface area contributed by atoms with Crippen LogP contribution in [0.15, 0.2) is 36.5 Å². The summed E-state index contributed by atoms with van der Waals surface area (Å²) in [5.74, 6) is -1.83. The molecule has 0 saturated carbocycles. The van der Waals surface area contributed by atoms with Crippen molar-refractivity contribution in [3.63, 3.8) is 0 Å². The highest BCUT2D eigenvalue weighted by atomic mass is 16.4. The van der Waals surface area contributed by atoms with Gasteiger partial charge in [-0.15, -0.1) is 0 Å². The van der Waals surface area contributed by atoms with Crippen LogP contribution >= 0.6 is 0 Å². The minimum atomic E-state index is -0.962. The number of aromatic nitrogens is 1. The van der Waals surface area contributed by atoms with Crippen LogP contribution in [0.4, 0.5) is 0 Å². The van der Waals surface area contributed by atoms with Crippen LogP contribution in [0.5, 0.6) is 0 Å². The van der Waals surface area contributed by atoms with E-state index in [2.05, 4.69) is 4.98 Å². The largest absolute Gasteiger partial charge is 0.481 e. The molecule has 0 aliphatic rings. The molecule has 1 unspecified atom stereocenters. The third-order valence-electron chi connectivity index (χ3n) is 2.85. The summed E-state index contributed by atoms with van der Waals surface area (Å²) in [4.78, 5) is 27.0. The molecular weight excluding hydrogens is 230 g/mol. The van der Waals surface area contributed by atoms with Gasteiger partial charge in [-0.3, -0.25) is 14.6 Å². The fourth-order valence-electron chi connectivity index (χ4n) is 1.80. The van der Waals surface area contributed by atoms with Gasteiger partial charge in [0.2, 0.25) is 0 Å². The number of carboxylic acid groups (broad SMARTS) is 1. The molecule has 1 heterocycles. The van der Waals surface area contributed by atoms with Gasteiger partial charge in [0.05, 0.1) is 11.4 Å². The van der Waals surface area contributed by atoms with Crippen LogP contribution in [0.2, 0.25) is 0 Å². The van der Waals surface area contributed by atoms with Crippen molar-refractivity contribution in [1.82, 2.24) is 4.98 Å². The number of nitrogens with zero attached hydrogens (tertiary/aromatic N) is 1. The van der Waals surface area contributed by atoms with Crippen molar-refractivity contribution in [3.05, 3.63) is 42.1 Å². The number of rotatable bonds is 4. The second kappa shape index (κ2) is 4.96. The Labute approximate surface area is 104 Å². The van der Waals surface area contributed by atoms with Crippen LogP contribution in [-0.4, -0.2) is 21.8 Å². The van der Waals surface area contributed by atoms with Gasteiger partial charge in [0.1, 0.15) is 0 Å². The number of ketones is 1. The summed E-state index contributed by atoms with van der Waals surface area (Å²) in [5, 5.41) is 9.70. The molecule has 1 aromatic heterocycles. The normalized spacial score (nSPS) is 12.3. The van der Waals surface area contributed by atoms with E-state index in [4.69, 9.17) is 5.11 Å². The van der Waals surface area contributed by atoms with Gasteiger partial charge in [-0.1, -0.05) is 25.1 Å². The Bertz CT molecular complexity index is 602. The first-order valence-electron chi connectivity index (χ1n) is 5.69. The Kier molecular flexibility index (Phi) is 3.37. The summed E-state index contributed by atoms with van der Waals surface area (Å²) in [6.07, 6.45) is 1.62. The third-order valence-corrected chi connectivity index (χ3v) is 2.85. The molecule has 0 fully saturated rings. The summed E-state index contributed by atoms with van der Waals surface area (Å²) in [6.45, 7) is 1.53. The van der Waals surface area contributed by atoms with Crippen LogP contribution < -0.4 is 0 Å². The Morgan fingerprint density at radius 1 is 1.28 bits per heavy atom. The molecule has 4 heteroatoms. The van der Waals surface area contributed by atoms with E-state index in [1.807, 2.05) is 12.1 Å². The number of carboxylic acids is 1. The highest BCUT2D eigenvalue weighted by molar-refractivity contribution is 6.07. The average molecular weight is 243 g/mol. The molecule has 2 aromatic rings. The topological polar surface area (TPSA) is 67.3 Å². The molecule has 1 atom stereocenters. The van der Waals surface area contributed by atoms with Gasteiger partial charge in [0.15, 0.2) is 5.78 Å². The van der Waals surface area contributed by atoms with Crippen LogP contribution in [0, 0.1) is 5.92 Å². The molecule has 92 valence electrons. The van der Waals surface area contributed by atoms with E-state index in [1.165, 1.54) is 6.92 Å². The number of hydrogen-bond acceptors (Lipinski definition) is 3. The fourth-order valence-corrected chi connectivity index (χ4v) is 1.80. The maximum Gasteiger partial charge on any atom is 0.306 e. The van der Waals surface area contributed by atoms with Crippen molar-refractivity contribution in [3.8, 4) is 0 Å². The van der Waals surface area contributed by atoms with Gasteiger partial charge in [-0.2, -0.15) is 0 Å². The van der Waals surface area contributed by atoms with Gasteiger partial charge in [0.25, 0.3) is 0 Å². The molecule has 1 N–H and O–H groups in total. The quantitative estimate of drug-likeness (QED) is 0.838. The molecule has 0 spiro atoms. The molecule has 18 heavy (non-hydrogen) atoms. The summed E-state index contributed by atoms with van der Waals surface area (Å²) in [7, 11) is 0. The lowest BCUT2D eigenvalue weighted by Crippen LogP contribution is -2.15. The van der Waals surface area contributed by atoms with Crippen LogP contribution in [-0.2, 0) is 4.79 Å². The Balaban J connectivity index is 2.36. The zero-order chi connectivity index (χ0) is 13.1. The van der Waals surface area contributed by atoms with Crippen molar-refractivity contribution >= 4 is 22.7 Å². The minimum absolute atomic E-state index is 0.00891. The van der Waals surface area contributed by atoms with E-state index in [0.717, 1.165) is 5.39 Å². The zero-order valence-electron chi connectivity index (χ0n) is 9.96. The molecule has 0 saturated heterocycles. The van der Waals surface area contributed by atoms with Crippen LogP contribution in [0.3, 0.4) is 0 Å². The number of hydrogen-bond donors (Lipinski definition) is 1. The predicted octanol–water partition coefficient (Wildman–Crippen LogP) is 2.53. The number of pyridine rings is 1. The molecule has 4 nitrogen and oxygen atoms in total. The lowest BCUT2D eigenvalue weighted by Gasteiger charge is -2.07. The Morgan fingerprint density at radius 2 is 2.00 bits per heavy atom. The predicted molar refractivity (Wildman–Crippen MR) is 67.5 cm³/mol. The standard InChI is InChI=1S/C14H13NO3/c1-9(14(17)18)8-12(16)11-6-2-4-10-5-3-7-15-13(10)11/h2-7,9H,8H2,1H3,(H,17,18). The molecule has 1 aromatic carbocycles. The zero-order valence-corrected chi connectivity index (χ0v) is 9.96. The summed E-state index contributed by atoms with van der Waals surface area (Å²) >= 11 is 0. The molecule has 0 amide bonds. The lowest BCUT2D eigenvalue weighted by atomic mass is 9.98. The first-order valence-corrected chi connectivity index (χ1v) is 5.69. The molecule has 0 radical (unpaired) electrons. The minimum Gasteiger partial charge on any atom is -0.481 e. The average Bonchev–Trinajstić information content (AvgIpc) is 2.37. The second-order valence-electron chi connectivity index (χ2n) is 4.25. The van der Waals surface area contributed by atoms with E-state index in [-0.39, 0.29) is 12.2 Å². The Hall–Kier alpha value is -2.23. The van der Waals surface area contributed by atoms with Crippen molar-refractivity contribution in [2.75, 3.05) is 0 Å². The number of carbonyl (C=O) groups excluding carboxylic acids is 1. The van der Waals surface area contributed by atoms with Crippen LogP contribution in [0.25, 0.3) is 10.9 Å². The third kappa shape index (κ3) is 2.37. The van der Waals surface area contributed by atoms with Crippen LogP contribution in [0.1, 0.15) is 23.7 Å². The fraction of sp³-hybridized carbons (Fsp3) is 0.214. The van der Waals surface area contributed by atoms with Gasteiger partial charge < -0.3 is 5.11 Å². The first-order chi connectivity index (χ1) is 8.59. The second-order valence-corrected chi connectivity index (χ2v) is 4.25. The highest BCUT2D eigenvalue weighted by Gasteiger charge is 2.18. The number of carbonyl (C=O) groups is 2. The van der Waals surface area contributed by atoms with Crippen molar-refractivity contribution in [1.29, 1.82) is 0 Å². The van der Waals surface area contributed by atoms with E-state index in [0.29, 0.717) is 11.1 Å². The van der Waals surface area contributed by atoms with Gasteiger partial charge in [-0.25, -0.2) is 0 Å². The number of fused-ring (bicyclic) bond motifs is 1. The van der Waals surface area contributed by atoms with Gasteiger partial charge in [0, 0.05) is 23.6 Å². The lowest BCUT2D eigenvalue weighted by molar-refractivity contribution is -0.141. The number of aliphatic carboxylic acids is 1. The number of Topliss-reactive ketones (excluding diaryl/α,β-unsaturated/α-hetero) is 1. The van der Waals surface area contributed by atoms with E-state index < -0.39 is 11.9 Å². The molecule has 0 aliphatic carbocycles. The van der Waals surface area contributed by atoms with E-state index in [9.17, 15) is 9.59 Å². The van der Waals surface area contributed by atoms with Crippen molar-refractivity contribution in [2.45, 2.75) is 13.3 Å². The van der Waals surface area contributed by atoms with Gasteiger partial charge in [-0.05, 0) is 12.1 Å². The summed E-state index contributed by atoms with van der Waals surface area (Å²) in [5.41, 5.74) is 1.11. The van der Waals surface area contributed by atoms with E-state index >= 15 is 0 Å². The summed E-state index contributed by atoms with van der Waals surface area (Å²) in [6, 6.07) is 9.02.